The van der Waals surface area contributed by atoms with Gasteiger partial charge in [-0.15, -0.1) is 0 Å². The molecule has 2 aliphatic heterocycles. The molecule has 102 valence electrons. The van der Waals surface area contributed by atoms with Crippen LogP contribution < -0.4 is 0 Å². The van der Waals surface area contributed by atoms with E-state index in [1.165, 1.54) is 12.1 Å². The van der Waals surface area contributed by atoms with Crippen molar-refractivity contribution < 1.29 is 14.3 Å². The maximum Gasteiger partial charge on any atom is 0.308 e. The van der Waals surface area contributed by atoms with E-state index in [1.54, 1.807) is 12.1 Å². The van der Waals surface area contributed by atoms with Crippen molar-refractivity contribution in [3.63, 3.8) is 0 Å². The number of carboxylic acid groups (broad SMARTS) is 1. The normalized spacial score (nSPS) is 34.4. The van der Waals surface area contributed by atoms with Crippen LogP contribution in [0.1, 0.15) is 30.7 Å². The minimum absolute atomic E-state index is 0.00630. The maximum absolute atomic E-state index is 13.0. The highest BCUT2D eigenvalue weighted by atomic mass is 19.1. The molecule has 0 aromatic heterocycles. The molecule has 0 spiro atoms. The summed E-state index contributed by atoms with van der Waals surface area (Å²) in [5, 5.41) is 9.56. The number of piperidine rings is 1. The number of carbonyl (C=O) groups is 1. The molecule has 0 saturated carbocycles. The number of hydrogen-bond donors (Lipinski definition) is 1. The van der Waals surface area contributed by atoms with Gasteiger partial charge in [-0.3, -0.25) is 9.69 Å². The summed E-state index contributed by atoms with van der Waals surface area (Å²) in [6.07, 6.45) is 2.88. The Hall–Kier alpha value is -1.42. The van der Waals surface area contributed by atoms with Crippen LogP contribution in [0.25, 0.3) is 0 Å². The first kappa shape index (κ1) is 12.6. The lowest BCUT2D eigenvalue weighted by Gasteiger charge is -2.41. The molecule has 0 amide bonds. The van der Waals surface area contributed by atoms with Gasteiger partial charge in [0, 0.05) is 18.0 Å². The fourth-order valence-electron chi connectivity index (χ4n) is 3.86. The zero-order valence-electron chi connectivity index (χ0n) is 10.9. The van der Waals surface area contributed by atoms with Crippen LogP contribution in [0.5, 0.6) is 0 Å². The molecule has 4 atom stereocenters. The van der Waals surface area contributed by atoms with E-state index in [0.29, 0.717) is 6.04 Å². The van der Waals surface area contributed by atoms with Crippen molar-refractivity contribution in [2.24, 2.45) is 5.92 Å². The molecule has 19 heavy (non-hydrogen) atoms. The van der Waals surface area contributed by atoms with Crippen LogP contribution in [0.15, 0.2) is 24.3 Å². The van der Waals surface area contributed by atoms with Gasteiger partial charge in [0.15, 0.2) is 0 Å². The fourth-order valence-corrected chi connectivity index (χ4v) is 3.86. The average Bonchev–Trinajstić information content (AvgIpc) is 2.63. The molecular weight excluding hydrogens is 245 g/mol. The number of fused-ring (bicyclic) bond motifs is 2. The second-order valence-corrected chi connectivity index (χ2v) is 5.72. The molecule has 2 bridgehead atoms. The van der Waals surface area contributed by atoms with Crippen molar-refractivity contribution in [2.45, 2.75) is 37.3 Å². The summed E-state index contributed by atoms with van der Waals surface area (Å²) < 4.78 is 13.0. The molecule has 2 heterocycles. The SMILES string of the molecule is CN1[C@H]2CC[C@@H]1[C@@H](C(=O)O)[C@H](c1ccc(F)cc1)C2. The molecule has 2 saturated heterocycles. The third kappa shape index (κ3) is 2.04. The summed E-state index contributed by atoms with van der Waals surface area (Å²) >= 11 is 0. The lowest BCUT2D eigenvalue weighted by molar-refractivity contribution is -0.146. The van der Waals surface area contributed by atoms with Gasteiger partial charge in [0.25, 0.3) is 0 Å². The summed E-state index contributed by atoms with van der Waals surface area (Å²) in [5.41, 5.74) is 0.957. The largest absolute Gasteiger partial charge is 0.481 e. The highest BCUT2D eigenvalue weighted by molar-refractivity contribution is 5.73. The summed E-state index contributed by atoms with van der Waals surface area (Å²) in [7, 11) is 2.03. The van der Waals surface area contributed by atoms with E-state index in [1.807, 2.05) is 7.05 Å². The van der Waals surface area contributed by atoms with Crippen LogP contribution in [-0.2, 0) is 4.79 Å². The number of nitrogens with zero attached hydrogens (tertiary/aromatic N) is 1. The van der Waals surface area contributed by atoms with Crippen molar-refractivity contribution in [3.8, 4) is 0 Å². The van der Waals surface area contributed by atoms with Crippen LogP contribution in [0.4, 0.5) is 4.39 Å². The Morgan fingerprint density at radius 3 is 2.63 bits per heavy atom. The minimum Gasteiger partial charge on any atom is -0.481 e. The van der Waals surface area contributed by atoms with E-state index in [4.69, 9.17) is 0 Å². The van der Waals surface area contributed by atoms with Crippen molar-refractivity contribution in [1.82, 2.24) is 4.90 Å². The summed E-state index contributed by atoms with van der Waals surface area (Å²) in [5.74, 6) is -1.38. The number of rotatable bonds is 2. The quantitative estimate of drug-likeness (QED) is 0.891. The number of aliphatic carboxylic acids is 1. The molecule has 4 heteroatoms. The van der Waals surface area contributed by atoms with Crippen molar-refractivity contribution in [1.29, 1.82) is 0 Å². The maximum atomic E-state index is 13.0. The second kappa shape index (κ2) is 4.60. The molecule has 0 unspecified atom stereocenters. The Morgan fingerprint density at radius 2 is 2.00 bits per heavy atom. The number of halogens is 1. The van der Waals surface area contributed by atoms with Gasteiger partial charge in [0.2, 0.25) is 0 Å². The summed E-state index contributed by atoms with van der Waals surface area (Å²) in [6, 6.07) is 6.91. The highest BCUT2D eigenvalue weighted by Gasteiger charge is 2.49. The predicted octanol–water partition coefficient (Wildman–Crippen LogP) is 2.48. The van der Waals surface area contributed by atoms with Gasteiger partial charge in [0.1, 0.15) is 5.82 Å². The van der Waals surface area contributed by atoms with Gasteiger partial charge in [0.05, 0.1) is 5.92 Å². The lowest BCUT2D eigenvalue weighted by Crippen LogP contribution is -2.48. The van der Waals surface area contributed by atoms with Gasteiger partial charge < -0.3 is 5.11 Å². The monoisotopic (exact) mass is 263 g/mol. The Kier molecular flexibility index (Phi) is 3.05. The zero-order chi connectivity index (χ0) is 13.6. The smallest absolute Gasteiger partial charge is 0.308 e. The van der Waals surface area contributed by atoms with E-state index in [0.717, 1.165) is 24.8 Å². The minimum atomic E-state index is -0.730. The molecule has 1 N–H and O–H groups in total. The molecule has 2 fully saturated rings. The van der Waals surface area contributed by atoms with Crippen LogP contribution in [0, 0.1) is 11.7 Å². The first-order valence-electron chi connectivity index (χ1n) is 6.78. The molecular formula is C15H18FNO2. The second-order valence-electron chi connectivity index (χ2n) is 5.72. The molecule has 1 aromatic rings. The first-order chi connectivity index (χ1) is 9.08. The standard InChI is InChI=1S/C15H18FNO2/c1-17-11-6-7-13(17)14(15(18)19)12(8-11)9-2-4-10(16)5-3-9/h2-5,11-14H,6-8H2,1H3,(H,18,19)/t11-,12-,13+,14-/m0/s1. The van der Waals surface area contributed by atoms with E-state index in [9.17, 15) is 14.3 Å². The van der Waals surface area contributed by atoms with Gasteiger partial charge >= 0.3 is 5.97 Å². The molecule has 0 aliphatic carbocycles. The van der Waals surface area contributed by atoms with Gasteiger partial charge in [-0.05, 0) is 44.0 Å². The van der Waals surface area contributed by atoms with E-state index >= 15 is 0 Å². The van der Waals surface area contributed by atoms with Gasteiger partial charge in [-0.25, -0.2) is 4.39 Å². The van der Waals surface area contributed by atoms with Crippen LogP contribution in [-0.4, -0.2) is 35.1 Å². The predicted molar refractivity (Wildman–Crippen MR) is 69.5 cm³/mol. The van der Waals surface area contributed by atoms with E-state index in [-0.39, 0.29) is 23.7 Å². The number of hydrogen-bond acceptors (Lipinski definition) is 2. The molecule has 3 rings (SSSR count). The number of carboxylic acids is 1. The first-order valence-corrected chi connectivity index (χ1v) is 6.78. The summed E-state index contributed by atoms with van der Waals surface area (Å²) in [4.78, 5) is 13.9. The third-order valence-corrected chi connectivity index (χ3v) is 4.85. The highest BCUT2D eigenvalue weighted by Crippen LogP contribution is 2.46. The van der Waals surface area contributed by atoms with Crippen LogP contribution in [0.3, 0.4) is 0 Å². The molecule has 0 radical (unpaired) electrons. The van der Waals surface area contributed by atoms with Gasteiger partial charge in [-0.2, -0.15) is 0 Å². The van der Waals surface area contributed by atoms with Crippen molar-refractivity contribution in [3.05, 3.63) is 35.6 Å². The Labute approximate surface area is 112 Å². The fraction of sp³-hybridized carbons (Fsp3) is 0.533. The Balaban J connectivity index is 1.95. The zero-order valence-corrected chi connectivity index (χ0v) is 10.9. The summed E-state index contributed by atoms with van der Waals surface area (Å²) in [6.45, 7) is 0. The topological polar surface area (TPSA) is 40.5 Å². The lowest BCUT2D eigenvalue weighted by atomic mass is 9.76. The van der Waals surface area contributed by atoms with Gasteiger partial charge in [-0.1, -0.05) is 12.1 Å². The molecule has 3 nitrogen and oxygen atoms in total. The van der Waals surface area contributed by atoms with E-state index in [2.05, 4.69) is 4.90 Å². The van der Waals surface area contributed by atoms with Crippen LogP contribution >= 0.6 is 0 Å². The van der Waals surface area contributed by atoms with Crippen LogP contribution in [0.2, 0.25) is 0 Å². The van der Waals surface area contributed by atoms with Crippen molar-refractivity contribution in [2.75, 3.05) is 7.05 Å². The third-order valence-electron chi connectivity index (χ3n) is 4.85. The number of benzene rings is 1. The Morgan fingerprint density at radius 1 is 1.32 bits per heavy atom. The molecule has 2 aliphatic rings. The van der Waals surface area contributed by atoms with Crippen molar-refractivity contribution >= 4 is 5.97 Å². The average molecular weight is 263 g/mol. The van der Waals surface area contributed by atoms with E-state index < -0.39 is 5.97 Å². The molecule has 1 aromatic carbocycles. The Bertz CT molecular complexity index is 487.